The van der Waals surface area contributed by atoms with Crippen molar-refractivity contribution in [3.8, 4) is 0 Å². The molecule has 0 saturated heterocycles. The fourth-order valence-corrected chi connectivity index (χ4v) is 1.18. The second-order valence-electron chi connectivity index (χ2n) is 3.23. The van der Waals surface area contributed by atoms with E-state index in [0.717, 1.165) is 0 Å². The summed E-state index contributed by atoms with van der Waals surface area (Å²) in [6, 6.07) is 20.1. The molecule has 0 aliphatic carbocycles. The van der Waals surface area contributed by atoms with Crippen LogP contribution in [0.3, 0.4) is 0 Å². The molecule has 2 rings (SSSR count). The van der Waals surface area contributed by atoms with Gasteiger partial charge in [-0.25, -0.2) is 0 Å². The molecule has 0 radical (unpaired) electrons. The largest absolute Gasteiger partial charge is 0.0985 e. The molecule has 150 valence electrons. The average Bonchev–Trinajstić information content (AvgIpc) is 2.82. The van der Waals surface area contributed by atoms with Gasteiger partial charge >= 0.3 is 0 Å². The minimum absolute atomic E-state index is 1.17. The van der Waals surface area contributed by atoms with Crippen LogP contribution < -0.4 is 0 Å². The Bertz CT molecular complexity index is 369. The lowest BCUT2D eigenvalue weighted by Crippen LogP contribution is -1.63. The Hall–Kier alpha value is -2.08. The van der Waals surface area contributed by atoms with Gasteiger partial charge in [0.2, 0.25) is 0 Å². The molecule has 2 aromatic carbocycles. The van der Waals surface area contributed by atoms with Gasteiger partial charge in [-0.3, -0.25) is 0 Å². The zero-order valence-corrected chi connectivity index (χ0v) is 19.3. The Morgan fingerprint density at radius 3 is 0.731 bits per heavy atom. The molecular weight excluding hydrogens is 312 g/mol. The summed E-state index contributed by atoms with van der Waals surface area (Å²) in [5, 5.41) is 0. The molecule has 0 nitrogen and oxygen atoms in total. The minimum Gasteiger partial charge on any atom is -0.0985 e. The molecule has 0 aromatic heterocycles. The SMILES string of the molecule is C=Cc1ccccc1.C=Cc1ccccc1.CC.CC.CC.CC.CC. The summed E-state index contributed by atoms with van der Waals surface area (Å²) < 4.78 is 0. The molecule has 0 aliphatic heterocycles. The van der Waals surface area contributed by atoms with Gasteiger partial charge in [-0.05, 0) is 11.1 Å². The van der Waals surface area contributed by atoms with Crippen LogP contribution in [0.2, 0.25) is 0 Å². The quantitative estimate of drug-likeness (QED) is 0.501. The normalized spacial score (nSPS) is 6.38. The van der Waals surface area contributed by atoms with E-state index in [1.807, 2.05) is 142 Å². The van der Waals surface area contributed by atoms with Crippen molar-refractivity contribution in [2.24, 2.45) is 0 Å². The van der Waals surface area contributed by atoms with Crippen molar-refractivity contribution in [3.05, 3.63) is 84.9 Å². The molecule has 0 N–H and O–H groups in total. The van der Waals surface area contributed by atoms with E-state index in [2.05, 4.69) is 13.2 Å². The monoisotopic (exact) mass is 358 g/mol. The molecule has 0 atom stereocenters. The minimum atomic E-state index is 1.17. The highest BCUT2D eigenvalue weighted by atomic mass is 13.8. The van der Waals surface area contributed by atoms with Crippen molar-refractivity contribution in [2.45, 2.75) is 69.2 Å². The van der Waals surface area contributed by atoms with Gasteiger partial charge in [-0.2, -0.15) is 0 Å². The summed E-state index contributed by atoms with van der Waals surface area (Å²) >= 11 is 0. The van der Waals surface area contributed by atoms with Crippen molar-refractivity contribution in [3.63, 3.8) is 0 Å². The van der Waals surface area contributed by atoms with Crippen LogP contribution in [0.5, 0.6) is 0 Å². The Labute approximate surface area is 166 Å². The van der Waals surface area contributed by atoms with E-state index in [9.17, 15) is 0 Å². The van der Waals surface area contributed by atoms with E-state index >= 15 is 0 Å². The van der Waals surface area contributed by atoms with Gasteiger partial charge in [0.25, 0.3) is 0 Å². The van der Waals surface area contributed by atoms with Gasteiger partial charge in [0.1, 0.15) is 0 Å². The number of rotatable bonds is 2. The summed E-state index contributed by atoms with van der Waals surface area (Å²) in [7, 11) is 0. The van der Waals surface area contributed by atoms with Crippen LogP contribution in [0, 0.1) is 0 Å². The predicted octanol–water partition coefficient (Wildman–Crippen LogP) is 9.79. The molecule has 0 saturated carbocycles. The van der Waals surface area contributed by atoms with Crippen molar-refractivity contribution >= 4 is 12.2 Å². The molecule has 0 heterocycles. The second-order valence-corrected chi connectivity index (χ2v) is 3.23. The zero-order chi connectivity index (χ0) is 21.6. The number of hydrogen-bond donors (Lipinski definition) is 0. The van der Waals surface area contributed by atoms with Gasteiger partial charge in [0.15, 0.2) is 0 Å². The summed E-state index contributed by atoms with van der Waals surface area (Å²) in [4.78, 5) is 0. The van der Waals surface area contributed by atoms with Gasteiger partial charge in [-0.15, -0.1) is 0 Å². The van der Waals surface area contributed by atoms with Crippen LogP contribution in [-0.4, -0.2) is 0 Å². The fraction of sp³-hybridized carbons (Fsp3) is 0.385. The van der Waals surface area contributed by atoms with E-state index in [1.165, 1.54) is 11.1 Å². The number of benzene rings is 2. The van der Waals surface area contributed by atoms with Crippen LogP contribution in [0.1, 0.15) is 80.4 Å². The molecule has 0 bridgehead atoms. The number of hydrogen-bond acceptors (Lipinski definition) is 0. The predicted molar refractivity (Wildman–Crippen MR) is 130 cm³/mol. The summed E-state index contributed by atoms with van der Waals surface area (Å²) in [6.45, 7) is 27.3. The van der Waals surface area contributed by atoms with E-state index in [4.69, 9.17) is 0 Å². The summed E-state index contributed by atoms with van der Waals surface area (Å²) in [5.74, 6) is 0. The molecule has 0 unspecified atom stereocenters. The lowest BCUT2D eigenvalue weighted by molar-refractivity contribution is 1.50. The average molecular weight is 359 g/mol. The maximum Gasteiger partial charge on any atom is -0.0263 e. The van der Waals surface area contributed by atoms with Crippen LogP contribution in [0.25, 0.3) is 12.2 Å². The van der Waals surface area contributed by atoms with Crippen molar-refractivity contribution in [2.75, 3.05) is 0 Å². The Balaban J connectivity index is -0.0000000768. The second kappa shape index (κ2) is 43.5. The third-order valence-electron chi connectivity index (χ3n) is 2.07. The van der Waals surface area contributed by atoms with E-state index in [1.54, 1.807) is 0 Å². The molecule has 0 spiro atoms. The smallest absolute Gasteiger partial charge is 0.0263 e. The highest BCUT2D eigenvalue weighted by Crippen LogP contribution is 1.98. The molecular formula is C26H46. The Morgan fingerprint density at radius 2 is 0.615 bits per heavy atom. The van der Waals surface area contributed by atoms with E-state index < -0.39 is 0 Å². The first-order valence-corrected chi connectivity index (χ1v) is 10.2. The highest BCUT2D eigenvalue weighted by molar-refractivity contribution is 5.46. The highest BCUT2D eigenvalue weighted by Gasteiger charge is 1.76. The Kier molecular flexibility index (Phi) is 58.7. The van der Waals surface area contributed by atoms with E-state index in [0.29, 0.717) is 0 Å². The molecule has 0 aliphatic rings. The summed E-state index contributed by atoms with van der Waals surface area (Å²) in [6.07, 6.45) is 3.67. The maximum absolute atomic E-state index is 3.63. The first-order valence-electron chi connectivity index (χ1n) is 10.2. The maximum atomic E-state index is 3.63. The standard InChI is InChI=1S/2C8H8.5C2H6/c2*1-2-8-6-4-3-5-7-8;5*1-2/h2*2-7H,1H2;5*1-2H3. The fourth-order valence-electron chi connectivity index (χ4n) is 1.18. The third-order valence-corrected chi connectivity index (χ3v) is 2.07. The molecule has 0 heteroatoms. The molecule has 0 fully saturated rings. The van der Waals surface area contributed by atoms with Crippen LogP contribution in [0.4, 0.5) is 0 Å². The zero-order valence-electron chi connectivity index (χ0n) is 19.3. The molecule has 2 aromatic rings. The van der Waals surface area contributed by atoms with Crippen molar-refractivity contribution in [1.82, 2.24) is 0 Å². The van der Waals surface area contributed by atoms with Crippen LogP contribution in [-0.2, 0) is 0 Å². The van der Waals surface area contributed by atoms with Crippen molar-refractivity contribution < 1.29 is 0 Å². The first-order chi connectivity index (χ1) is 12.9. The first kappa shape index (κ1) is 35.1. The van der Waals surface area contributed by atoms with Gasteiger partial charge in [0, 0.05) is 0 Å². The third kappa shape index (κ3) is 29.9. The lowest BCUT2D eigenvalue weighted by Gasteiger charge is -1.85. The molecule has 0 amide bonds. The molecule has 26 heavy (non-hydrogen) atoms. The van der Waals surface area contributed by atoms with Gasteiger partial charge < -0.3 is 0 Å². The van der Waals surface area contributed by atoms with Crippen LogP contribution in [0.15, 0.2) is 73.8 Å². The van der Waals surface area contributed by atoms with Gasteiger partial charge in [-0.1, -0.05) is 155 Å². The van der Waals surface area contributed by atoms with E-state index in [-0.39, 0.29) is 0 Å². The Morgan fingerprint density at radius 1 is 0.423 bits per heavy atom. The van der Waals surface area contributed by atoms with Gasteiger partial charge in [0.05, 0.1) is 0 Å². The lowest BCUT2D eigenvalue weighted by atomic mass is 10.2. The van der Waals surface area contributed by atoms with Crippen molar-refractivity contribution in [1.29, 1.82) is 0 Å². The van der Waals surface area contributed by atoms with Crippen LogP contribution >= 0.6 is 0 Å². The topological polar surface area (TPSA) is 0 Å². The summed E-state index contributed by atoms with van der Waals surface area (Å²) in [5.41, 5.74) is 2.35.